The zero-order valence-electron chi connectivity index (χ0n) is 7.26. The fourth-order valence-corrected chi connectivity index (χ4v) is 1.52. The van der Waals surface area contributed by atoms with E-state index in [9.17, 15) is 0 Å². The van der Waals surface area contributed by atoms with Gasteiger partial charge in [0.1, 0.15) is 0 Å². The third-order valence-corrected chi connectivity index (χ3v) is 2.48. The highest BCUT2D eigenvalue weighted by molar-refractivity contribution is 4.81. The molecule has 0 N–H and O–H groups in total. The van der Waals surface area contributed by atoms with Crippen molar-refractivity contribution in [2.75, 3.05) is 6.61 Å². The molecule has 1 aliphatic carbocycles. The standard InChI is InChI=1S/C9H18O/c1-4-10-9-5-8(6-9)7(2)3/h7-9H,4-6H2,1-3H3. The third-order valence-electron chi connectivity index (χ3n) is 2.48. The van der Waals surface area contributed by atoms with Gasteiger partial charge in [0.25, 0.3) is 0 Å². The summed E-state index contributed by atoms with van der Waals surface area (Å²) in [5.74, 6) is 1.80. The van der Waals surface area contributed by atoms with Gasteiger partial charge in [0.05, 0.1) is 6.10 Å². The summed E-state index contributed by atoms with van der Waals surface area (Å²) < 4.78 is 5.46. The molecule has 1 fully saturated rings. The van der Waals surface area contributed by atoms with Crippen LogP contribution < -0.4 is 0 Å². The predicted octanol–water partition coefficient (Wildman–Crippen LogP) is 2.46. The van der Waals surface area contributed by atoms with Crippen molar-refractivity contribution in [1.29, 1.82) is 0 Å². The van der Waals surface area contributed by atoms with Crippen molar-refractivity contribution in [3.63, 3.8) is 0 Å². The maximum Gasteiger partial charge on any atom is 0.0580 e. The van der Waals surface area contributed by atoms with Crippen LogP contribution in [0.2, 0.25) is 0 Å². The molecular formula is C9H18O. The van der Waals surface area contributed by atoms with Gasteiger partial charge in [0, 0.05) is 6.61 Å². The Morgan fingerprint density at radius 2 is 2.00 bits per heavy atom. The van der Waals surface area contributed by atoms with Crippen molar-refractivity contribution in [1.82, 2.24) is 0 Å². The average molecular weight is 142 g/mol. The molecule has 60 valence electrons. The van der Waals surface area contributed by atoms with Gasteiger partial charge in [-0.25, -0.2) is 0 Å². The Balaban J connectivity index is 2.06. The van der Waals surface area contributed by atoms with Gasteiger partial charge < -0.3 is 4.74 Å². The molecule has 0 bridgehead atoms. The van der Waals surface area contributed by atoms with Crippen molar-refractivity contribution < 1.29 is 4.74 Å². The predicted molar refractivity (Wildman–Crippen MR) is 43.0 cm³/mol. The lowest BCUT2D eigenvalue weighted by Gasteiger charge is -2.37. The van der Waals surface area contributed by atoms with Crippen LogP contribution in [0, 0.1) is 11.8 Å². The molecule has 0 spiro atoms. The van der Waals surface area contributed by atoms with Gasteiger partial charge in [-0.05, 0) is 31.6 Å². The zero-order valence-corrected chi connectivity index (χ0v) is 7.26. The second-order valence-corrected chi connectivity index (χ2v) is 3.55. The molecule has 0 radical (unpaired) electrons. The number of hydrogen-bond acceptors (Lipinski definition) is 1. The number of ether oxygens (including phenoxy) is 1. The number of hydrogen-bond donors (Lipinski definition) is 0. The molecule has 1 aliphatic rings. The minimum Gasteiger partial charge on any atom is -0.378 e. The van der Waals surface area contributed by atoms with E-state index >= 15 is 0 Å². The van der Waals surface area contributed by atoms with Gasteiger partial charge in [0.2, 0.25) is 0 Å². The molecule has 0 aromatic heterocycles. The summed E-state index contributed by atoms with van der Waals surface area (Å²) in [6.45, 7) is 7.55. The van der Waals surface area contributed by atoms with Crippen molar-refractivity contribution in [3.8, 4) is 0 Å². The lowest BCUT2D eigenvalue weighted by atomic mass is 9.75. The highest BCUT2D eigenvalue weighted by atomic mass is 16.5. The molecule has 0 aromatic carbocycles. The van der Waals surface area contributed by atoms with Crippen LogP contribution in [0.25, 0.3) is 0 Å². The zero-order chi connectivity index (χ0) is 7.56. The first-order chi connectivity index (χ1) is 4.74. The molecule has 0 saturated heterocycles. The minimum atomic E-state index is 0.595. The molecule has 1 heteroatoms. The molecule has 10 heavy (non-hydrogen) atoms. The molecule has 0 amide bonds. The SMILES string of the molecule is CCOC1CC(C(C)C)C1. The fourth-order valence-electron chi connectivity index (χ4n) is 1.52. The van der Waals surface area contributed by atoms with Gasteiger partial charge in [-0.15, -0.1) is 0 Å². The van der Waals surface area contributed by atoms with E-state index in [-0.39, 0.29) is 0 Å². The van der Waals surface area contributed by atoms with Crippen molar-refractivity contribution in [2.24, 2.45) is 11.8 Å². The first-order valence-electron chi connectivity index (χ1n) is 4.35. The van der Waals surface area contributed by atoms with Crippen LogP contribution in [0.3, 0.4) is 0 Å². The fraction of sp³-hybridized carbons (Fsp3) is 1.00. The summed E-state index contributed by atoms with van der Waals surface area (Å²) in [5.41, 5.74) is 0. The Labute approximate surface area is 63.8 Å². The summed E-state index contributed by atoms with van der Waals surface area (Å²) in [6.07, 6.45) is 3.19. The van der Waals surface area contributed by atoms with Gasteiger partial charge in [0.15, 0.2) is 0 Å². The van der Waals surface area contributed by atoms with Crippen LogP contribution >= 0.6 is 0 Å². The molecule has 1 saturated carbocycles. The van der Waals surface area contributed by atoms with Crippen LogP contribution in [-0.2, 0) is 4.74 Å². The van der Waals surface area contributed by atoms with E-state index in [1.807, 2.05) is 0 Å². The Morgan fingerprint density at radius 1 is 1.40 bits per heavy atom. The first-order valence-corrected chi connectivity index (χ1v) is 4.35. The molecule has 1 nitrogen and oxygen atoms in total. The van der Waals surface area contributed by atoms with Crippen molar-refractivity contribution in [3.05, 3.63) is 0 Å². The van der Waals surface area contributed by atoms with E-state index in [2.05, 4.69) is 20.8 Å². The topological polar surface area (TPSA) is 9.23 Å². The van der Waals surface area contributed by atoms with Crippen LogP contribution in [-0.4, -0.2) is 12.7 Å². The van der Waals surface area contributed by atoms with E-state index in [0.717, 1.165) is 18.4 Å². The van der Waals surface area contributed by atoms with Gasteiger partial charge >= 0.3 is 0 Å². The largest absolute Gasteiger partial charge is 0.378 e. The molecule has 0 unspecified atom stereocenters. The summed E-state index contributed by atoms with van der Waals surface area (Å²) in [5, 5.41) is 0. The normalized spacial score (nSPS) is 32.4. The van der Waals surface area contributed by atoms with Gasteiger partial charge in [-0.3, -0.25) is 0 Å². The Kier molecular flexibility index (Phi) is 2.72. The van der Waals surface area contributed by atoms with E-state index in [1.54, 1.807) is 0 Å². The third kappa shape index (κ3) is 1.72. The monoisotopic (exact) mass is 142 g/mol. The lowest BCUT2D eigenvalue weighted by Crippen LogP contribution is -2.34. The quantitative estimate of drug-likeness (QED) is 0.588. The summed E-state index contributed by atoms with van der Waals surface area (Å²) in [7, 11) is 0. The molecule has 0 aliphatic heterocycles. The molecule has 1 rings (SSSR count). The summed E-state index contributed by atoms with van der Waals surface area (Å²) in [6, 6.07) is 0. The Hall–Kier alpha value is -0.0400. The highest BCUT2D eigenvalue weighted by Gasteiger charge is 2.31. The maximum atomic E-state index is 5.46. The molecule has 0 atom stereocenters. The highest BCUT2D eigenvalue weighted by Crippen LogP contribution is 2.35. The van der Waals surface area contributed by atoms with Crippen LogP contribution in [0.5, 0.6) is 0 Å². The van der Waals surface area contributed by atoms with Crippen LogP contribution in [0.4, 0.5) is 0 Å². The summed E-state index contributed by atoms with van der Waals surface area (Å²) >= 11 is 0. The second-order valence-electron chi connectivity index (χ2n) is 3.55. The summed E-state index contributed by atoms with van der Waals surface area (Å²) in [4.78, 5) is 0. The van der Waals surface area contributed by atoms with E-state index in [4.69, 9.17) is 4.74 Å². The Bertz CT molecular complexity index is 92.9. The molecular weight excluding hydrogens is 124 g/mol. The van der Waals surface area contributed by atoms with Crippen LogP contribution in [0.1, 0.15) is 33.6 Å². The van der Waals surface area contributed by atoms with Gasteiger partial charge in [-0.1, -0.05) is 13.8 Å². The van der Waals surface area contributed by atoms with E-state index in [1.165, 1.54) is 12.8 Å². The second kappa shape index (κ2) is 3.38. The minimum absolute atomic E-state index is 0.595. The maximum absolute atomic E-state index is 5.46. The van der Waals surface area contributed by atoms with Crippen molar-refractivity contribution in [2.45, 2.75) is 39.7 Å². The molecule has 0 heterocycles. The first kappa shape index (κ1) is 8.06. The number of rotatable bonds is 3. The van der Waals surface area contributed by atoms with E-state index < -0.39 is 0 Å². The lowest BCUT2D eigenvalue weighted by molar-refractivity contribution is -0.0374. The average Bonchev–Trinajstić information content (AvgIpc) is 1.76. The van der Waals surface area contributed by atoms with Crippen molar-refractivity contribution >= 4 is 0 Å². The van der Waals surface area contributed by atoms with E-state index in [0.29, 0.717) is 6.10 Å². The Morgan fingerprint density at radius 3 is 2.40 bits per heavy atom. The smallest absolute Gasteiger partial charge is 0.0580 e. The van der Waals surface area contributed by atoms with Gasteiger partial charge in [-0.2, -0.15) is 0 Å². The van der Waals surface area contributed by atoms with Crippen LogP contribution in [0.15, 0.2) is 0 Å². The molecule has 0 aromatic rings.